The Morgan fingerprint density at radius 2 is 2.15 bits per heavy atom. The van der Waals surface area contributed by atoms with Gasteiger partial charge in [0.15, 0.2) is 0 Å². The van der Waals surface area contributed by atoms with Crippen LogP contribution >= 0.6 is 0 Å². The van der Waals surface area contributed by atoms with Crippen LogP contribution in [0.15, 0.2) is 29.2 Å². The first-order valence-corrected chi connectivity index (χ1v) is 8.48. The van der Waals surface area contributed by atoms with Gasteiger partial charge in [0.2, 0.25) is 10.0 Å². The first-order chi connectivity index (χ1) is 9.56. The molecule has 5 nitrogen and oxygen atoms in total. The molecule has 1 aromatic rings. The Morgan fingerprint density at radius 3 is 2.75 bits per heavy atom. The summed E-state index contributed by atoms with van der Waals surface area (Å²) in [6, 6.07) is 7.02. The van der Waals surface area contributed by atoms with Crippen molar-refractivity contribution >= 4 is 10.0 Å². The molecule has 0 aromatic heterocycles. The second-order valence-electron chi connectivity index (χ2n) is 5.06. The van der Waals surface area contributed by atoms with Crippen LogP contribution in [0.5, 0.6) is 0 Å². The molecule has 1 aromatic carbocycles. The van der Waals surface area contributed by atoms with E-state index >= 15 is 0 Å². The fourth-order valence-corrected chi connectivity index (χ4v) is 3.35. The Kier molecular flexibility index (Phi) is 5.15. The van der Waals surface area contributed by atoms with E-state index in [1.165, 1.54) is 18.9 Å². The molecule has 1 aliphatic rings. The molecule has 0 bridgehead atoms. The number of rotatable bonds is 8. The van der Waals surface area contributed by atoms with Crippen molar-refractivity contribution in [1.29, 1.82) is 0 Å². The van der Waals surface area contributed by atoms with Crippen molar-refractivity contribution in [3.63, 3.8) is 0 Å². The van der Waals surface area contributed by atoms with Gasteiger partial charge in [-0.1, -0.05) is 19.1 Å². The third kappa shape index (κ3) is 4.02. The second kappa shape index (κ2) is 6.67. The van der Waals surface area contributed by atoms with Crippen molar-refractivity contribution in [3.05, 3.63) is 29.8 Å². The maximum atomic E-state index is 12.1. The van der Waals surface area contributed by atoms with E-state index in [0.29, 0.717) is 18.2 Å². The highest BCUT2D eigenvalue weighted by Crippen LogP contribution is 2.25. The van der Waals surface area contributed by atoms with Gasteiger partial charge >= 0.3 is 0 Å². The minimum absolute atomic E-state index is 0.158. The third-order valence-electron chi connectivity index (χ3n) is 3.55. The van der Waals surface area contributed by atoms with E-state index in [0.717, 1.165) is 13.1 Å². The average molecular weight is 298 g/mol. The normalized spacial score (nSPS) is 15.8. The molecule has 0 atom stereocenters. The van der Waals surface area contributed by atoms with Crippen molar-refractivity contribution in [1.82, 2.24) is 9.62 Å². The molecule has 0 amide bonds. The first-order valence-electron chi connectivity index (χ1n) is 7.00. The summed E-state index contributed by atoms with van der Waals surface area (Å²) < 4.78 is 26.9. The Balaban J connectivity index is 1.92. The molecule has 0 unspecified atom stereocenters. The van der Waals surface area contributed by atoms with Crippen molar-refractivity contribution in [2.45, 2.75) is 37.3 Å². The molecule has 1 aliphatic carbocycles. The number of benzene rings is 1. The van der Waals surface area contributed by atoms with Crippen molar-refractivity contribution in [2.75, 3.05) is 19.6 Å². The number of aliphatic hydroxyl groups excluding tert-OH is 1. The van der Waals surface area contributed by atoms with E-state index in [1.807, 2.05) is 0 Å². The number of likely N-dealkylation sites (N-methyl/N-ethyl adjacent to an activating group) is 1. The average Bonchev–Trinajstić information content (AvgIpc) is 3.28. The summed E-state index contributed by atoms with van der Waals surface area (Å²) in [5, 5.41) is 9.05. The minimum Gasteiger partial charge on any atom is -0.392 e. The van der Waals surface area contributed by atoms with E-state index in [4.69, 9.17) is 5.11 Å². The number of sulfonamides is 1. The predicted molar refractivity (Wildman–Crippen MR) is 77.8 cm³/mol. The van der Waals surface area contributed by atoms with Crippen molar-refractivity contribution in [3.8, 4) is 0 Å². The highest BCUT2D eigenvalue weighted by molar-refractivity contribution is 7.89. The molecule has 0 saturated heterocycles. The molecule has 0 aliphatic heterocycles. The SMILES string of the molecule is CCN(CCNS(=O)(=O)c1cccc(CO)c1)C1CC1. The number of hydrogen-bond donors (Lipinski definition) is 2. The maximum Gasteiger partial charge on any atom is 0.240 e. The molecule has 2 N–H and O–H groups in total. The second-order valence-corrected chi connectivity index (χ2v) is 6.83. The molecule has 1 saturated carbocycles. The Morgan fingerprint density at radius 1 is 1.40 bits per heavy atom. The number of nitrogens with zero attached hydrogens (tertiary/aromatic N) is 1. The van der Waals surface area contributed by atoms with Crippen LogP contribution in [-0.4, -0.2) is 44.1 Å². The van der Waals surface area contributed by atoms with Gasteiger partial charge in [0.25, 0.3) is 0 Å². The van der Waals surface area contributed by atoms with Gasteiger partial charge in [-0.2, -0.15) is 0 Å². The topological polar surface area (TPSA) is 69.6 Å². The first kappa shape index (κ1) is 15.4. The van der Waals surface area contributed by atoms with E-state index in [-0.39, 0.29) is 11.5 Å². The largest absolute Gasteiger partial charge is 0.392 e. The van der Waals surface area contributed by atoms with Crippen LogP contribution in [0.1, 0.15) is 25.3 Å². The van der Waals surface area contributed by atoms with E-state index in [9.17, 15) is 8.42 Å². The lowest BCUT2D eigenvalue weighted by Crippen LogP contribution is -2.36. The summed E-state index contributed by atoms with van der Waals surface area (Å²) in [5.41, 5.74) is 0.598. The highest BCUT2D eigenvalue weighted by atomic mass is 32.2. The van der Waals surface area contributed by atoms with Crippen LogP contribution < -0.4 is 4.72 Å². The van der Waals surface area contributed by atoms with Crippen LogP contribution in [0.2, 0.25) is 0 Å². The molecule has 0 radical (unpaired) electrons. The summed E-state index contributed by atoms with van der Waals surface area (Å²) in [7, 11) is -3.49. The van der Waals surface area contributed by atoms with Gasteiger partial charge in [0.1, 0.15) is 0 Å². The van der Waals surface area contributed by atoms with E-state index in [2.05, 4.69) is 16.5 Å². The third-order valence-corrected chi connectivity index (χ3v) is 5.01. The van der Waals surface area contributed by atoms with Gasteiger partial charge in [0, 0.05) is 19.1 Å². The molecule has 6 heteroatoms. The highest BCUT2D eigenvalue weighted by Gasteiger charge is 2.27. The zero-order valence-corrected chi connectivity index (χ0v) is 12.6. The molecular formula is C14H22N2O3S. The number of nitrogens with one attached hydrogen (secondary N) is 1. The summed E-state index contributed by atoms with van der Waals surface area (Å²) in [6.45, 7) is 4.04. The van der Waals surface area contributed by atoms with Crippen LogP contribution in [0.3, 0.4) is 0 Å². The Hall–Kier alpha value is -0.950. The van der Waals surface area contributed by atoms with Gasteiger partial charge in [0.05, 0.1) is 11.5 Å². The lowest BCUT2D eigenvalue weighted by Gasteiger charge is -2.19. The maximum absolute atomic E-state index is 12.1. The molecule has 20 heavy (non-hydrogen) atoms. The summed E-state index contributed by atoms with van der Waals surface area (Å²) in [5.74, 6) is 0. The van der Waals surface area contributed by atoms with Gasteiger partial charge in [-0.15, -0.1) is 0 Å². The van der Waals surface area contributed by atoms with Crippen LogP contribution in [0.4, 0.5) is 0 Å². The fourth-order valence-electron chi connectivity index (χ4n) is 2.26. The zero-order chi connectivity index (χ0) is 14.6. The Bertz CT molecular complexity index is 541. The van der Waals surface area contributed by atoms with Crippen LogP contribution in [-0.2, 0) is 16.6 Å². The molecular weight excluding hydrogens is 276 g/mol. The monoisotopic (exact) mass is 298 g/mol. The zero-order valence-electron chi connectivity index (χ0n) is 11.7. The van der Waals surface area contributed by atoms with Crippen LogP contribution in [0, 0.1) is 0 Å². The van der Waals surface area contributed by atoms with Crippen molar-refractivity contribution in [2.24, 2.45) is 0 Å². The standard InChI is InChI=1S/C14H22N2O3S/c1-2-16(13-6-7-13)9-8-15-20(18,19)14-5-3-4-12(10-14)11-17/h3-5,10,13,15,17H,2,6-9,11H2,1H3. The molecule has 1 fully saturated rings. The van der Waals surface area contributed by atoms with E-state index < -0.39 is 10.0 Å². The summed E-state index contributed by atoms with van der Waals surface area (Å²) in [6.07, 6.45) is 2.44. The number of hydrogen-bond acceptors (Lipinski definition) is 4. The predicted octanol–water partition coefficient (Wildman–Crippen LogP) is 0.941. The van der Waals surface area contributed by atoms with Gasteiger partial charge in [-0.25, -0.2) is 13.1 Å². The van der Waals surface area contributed by atoms with Gasteiger partial charge < -0.3 is 5.11 Å². The minimum atomic E-state index is -3.49. The smallest absolute Gasteiger partial charge is 0.240 e. The molecule has 0 heterocycles. The molecule has 2 rings (SSSR count). The van der Waals surface area contributed by atoms with E-state index in [1.54, 1.807) is 18.2 Å². The molecule has 0 spiro atoms. The number of aliphatic hydroxyl groups is 1. The van der Waals surface area contributed by atoms with Gasteiger partial charge in [-0.05, 0) is 37.1 Å². The fraction of sp³-hybridized carbons (Fsp3) is 0.571. The quantitative estimate of drug-likeness (QED) is 0.749. The summed E-state index contributed by atoms with van der Waals surface area (Å²) >= 11 is 0. The van der Waals surface area contributed by atoms with Crippen LogP contribution in [0.25, 0.3) is 0 Å². The summed E-state index contributed by atoms with van der Waals surface area (Å²) in [4.78, 5) is 2.51. The lowest BCUT2D eigenvalue weighted by molar-refractivity contribution is 0.281. The van der Waals surface area contributed by atoms with Gasteiger partial charge in [-0.3, -0.25) is 4.90 Å². The molecule has 112 valence electrons. The Labute approximate surface area is 120 Å². The van der Waals surface area contributed by atoms with Crippen molar-refractivity contribution < 1.29 is 13.5 Å². The lowest BCUT2D eigenvalue weighted by atomic mass is 10.2.